The van der Waals surface area contributed by atoms with Crippen molar-refractivity contribution in [3.63, 3.8) is 0 Å². The number of hydrogen-bond acceptors (Lipinski definition) is 4. The predicted octanol–water partition coefficient (Wildman–Crippen LogP) is 0.637. The van der Waals surface area contributed by atoms with Crippen molar-refractivity contribution in [2.24, 2.45) is 0 Å². The van der Waals surface area contributed by atoms with E-state index in [0.717, 1.165) is 25.7 Å². The second-order valence-corrected chi connectivity index (χ2v) is 5.26. The first-order valence-corrected chi connectivity index (χ1v) is 6.78. The maximum Gasteiger partial charge on any atom is 0.0628 e. The number of likely N-dealkylation sites (tertiary alicyclic amines) is 1. The van der Waals surface area contributed by atoms with Crippen LogP contribution in [0.2, 0.25) is 0 Å². The second kappa shape index (κ2) is 8.03. The number of methoxy groups -OCH3 is 1. The summed E-state index contributed by atoms with van der Waals surface area (Å²) in [7, 11) is 6.10. The summed E-state index contributed by atoms with van der Waals surface area (Å²) in [6.07, 6.45) is 2.67. The Kier molecular flexibility index (Phi) is 7.04. The van der Waals surface area contributed by atoms with E-state index in [9.17, 15) is 0 Å². The number of likely N-dealkylation sites (N-methyl/N-ethyl adjacent to an activating group) is 2. The largest absolute Gasteiger partial charge is 0.383 e. The lowest BCUT2D eigenvalue weighted by molar-refractivity contribution is 0.127. The summed E-state index contributed by atoms with van der Waals surface area (Å²) in [5, 5.41) is 3.50. The van der Waals surface area contributed by atoms with Gasteiger partial charge in [-0.2, -0.15) is 0 Å². The quantitative estimate of drug-likeness (QED) is 0.677. The highest BCUT2D eigenvalue weighted by Crippen LogP contribution is 2.17. The van der Waals surface area contributed by atoms with Crippen LogP contribution in [0.3, 0.4) is 0 Å². The predicted molar refractivity (Wildman–Crippen MR) is 72.5 cm³/mol. The molecule has 0 saturated carbocycles. The summed E-state index contributed by atoms with van der Waals surface area (Å²) in [6.45, 7) is 7.50. The molecule has 17 heavy (non-hydrogen) atoms. The average Bonchev–Trinajstić information content (AvgIpc) is 2.65. The fourth-order valence-corrected chi connectivity index (χ4v) is 2.71. The summed E-state index contributed by atoms with van der Waals surface area (Å²) in [5.74, 6) is 0. The van der Waals surface area contributed by atoms with Crippen LogP contribution in [-0.2, 0) is 4.74 Å². The van der Waals surface area contributed by atoms with Crippen LogP contribution in [0.15, 0.2) is 0 Å². The molecule has 0 bridgehead atoms. The molecule has 0 aromatic heterocycles. The first-order chi connectivity index (χ1) is 8.17. The van der Waals surface area contributed by atoms with Gasteiger partial charge in [0.25, 0.3) is 0 Å². The molecule has 1 heterocycles. The van der Waals surface area contributed by atoms with Gasteiger partial charge in [0.2, 0.25) is 0 Å². The zero-order chi connectivity index (χ0) is 12.7. The first-order valence-electron chi connectivity index (χ1n) is 6.78. The van der Waals surface area contributed by atoms with Crippen LogP contribution >= 0.6 is 0 Å². The first kappa shape index (κ1) is 14.9. The standard InChI is InChI=1S/C13H29N3O/c1-5-14-12(11-17-4)9-16-8-6-7-13(16)10-15(2)3/h12-14H,5-11H2,1-4H3. The fraction of sp³-hybridized carbons (Fsp3) is 1.00. The molecule has 0 aromatic carbocycles. The van der Waals surface area contributed by atoms with E-state index >= 15 is 0 Å². The number of hydrogen-bond donors (Lipinski definition) is 1. The van der Waals surface area contributed by atoms with Crippen molar-refractivity contribution >= 4 is 0 Å². The van der Waals surface area contributed by atoms with Crippen molar-refractivity contribution < 1.29 is 4.74 Å². The van der Waals surface area contributed by atoms with Crippen molar-refractivity contribution in [2.75, 3.05) is 54.0 Å². The summed E-state index contributed by atoms with van der Waals surface area (Å²) >= 11 is 0. The smallest absolute Gasteiger partial charge is 0.0628 e. The third-order valence-corrected chi connectivity index (χ3v) is 3.39. The Morgan fingerprint density at radius 1 is 1.47 bits per heavy atom. The molecule has 0 radical (unpaired) electrons. The van der Waals surface area contributed by atoms with Gasteiger partial charge in [0.15, 0.2) is 0 Å². The van der Waals surface area contributed by atoms with Crippen molar-refractivity contribution in [3.05, 3.63) is 0 Å². The van der Waals surface area contributed by atoms with Crippen LogP contribution in [-0.4, -0.2) is 75.9 Å². The van der Waals surface area contributed by atoms with E-state index in [0.29, 0.717) is 6.04 Å². The highest BCUT2D eigenvalue weighted by molar-refractivity contribution is 4.84. The van der Waals surface area contributed by atoms with E-state index in [1.54, 1.807) is 7.11 Å². The topological polar surface area (TPSA) is 27.7 Å². The number of rotatable bonds is 8. The van der Waals surface area contributed by atoms with Crippen LogP contribution in [0.4, 0.5) is 0 Å². The van der Waals surface area contributed by atoms with Crippen LogP contribution in [0.25, 0.3) is 0 Å². The molecule has 1 aliphatic rings. The third kappa shape index (κ3) is 5.34. The number of nitrogens with zero attached hydrogens (tertiary/aromatic N) is 2. The molecule has 2 atom stereocenters. The van der Waals surface area contributed by atoms with E-state index in [-0.39, 0.29) is 0 Å². The summed E-state index contributed by atoms with van der Waals surface area (Å²) in [6, 6.07) is 1.19. The molecule has 0 amide bonds. The van der Waals surface area contributed by atoms with Gasteiger partial charge in [0.05, 0.1) is 6.61 Å². The molecule has 1 aliphatic heterocycles. The summed E-state index contributed by atoms with van der Waals surface area (Å²) in [5.41, 5.74) is 0. The van der Waals surface area contributed by atoms with Crippen molar-refractivity contribution in [1.29, 1.82) is 0 Å². The number of nitrogens with one attached hydrogen (secondary N) is 1. The Bertz CT molecular complexity index is 193. The minimum absolute atomic E-state index is 0.466. The summed E-state index contributed by atoms with van der Waals surface area (Å²) in [4.78, 5) is 4.91. The highest BCUT2D eigenvalue weighted by atomic mass is 16.5. The van der Waals surface area contributed by atoms with E-state index in [4.69, 9.17) is 4.74 Å². The molecule has 102 valence electrons. The zero-order valence-corrected chi connectivity index (χ0v) is 11.9. The average molecular weight is 243 g/mol. The van der Waals surface area contributed by atoms with E-state index in [2.05, 4.69) is 36.1 Å². The van der Waals surface area contributed by atoms with Gasteiger partial charge in [-0.05, 0) is 40.0 Å². The van der Waals surface area contributed by atoms with Crippen molar-refractivity contribution in [1.82, 2.24) is 15.1 Å². The van der Waals surface area contributed by atoms with Crippen LogP contribution < -0.4 is 5.32 Å². The SMILES string of the molecule is CCNC(COC)CN1CCCC1CN(C)C. The lowest BCUT2D eigenvalue weighted by Crippen LogP contribution is -2.47. The minimum atomic E-state index is 0.466. The van der Waals surface area contributed by atoms with Crippen LogP contribution in [0, 0.1) is 0 Å². The minimum Gasteiger partial charge on any atom is -0.383 e. The van der Waals surface area contributed by atoms with E-state index in [1.165, 1.54) is 25.9 Å². The maximum atomic E-state index is 5.28. The molecule has 1 fully saturated rings. The Balaban J connectivity index is 2.40. The van der Waals surface area contributed by atoms with Crippen LogP contribution in [0.5, 0.6) is 0 Å². The molecular weight excluding hydrogens is 214 g/mol. The lowest BCUT2D eigenvalue weighted by atomic mass is 10.2. The molecule has 1 saturated heterocycles. The van der Waals surface area contributed by atoms with Gasteiger partial charge in [-0.25, -0.2) is 0 Å². The molecule has 0 aliphatic carbocycles. The van der Waals surface area contributed by atoms with Gasteiger partial charge in [0.1, 0.15) is 0 Å². The van der Waals surface area contributed by atoms with E-state index < -0.39 is 0 Å². The third-order valence-electron chi connectivity index (χ3n) is 3.39. The second-order valence-electron chi connectivity index (χ2n) is 5.26. The van der Waals surface area contributed by atoms with Crippen molar-refractivity contribution in [3.8, 4) is 0 Å². The van der Waals surface area contributed by atoms with Gasteiger partial charge < -0.3 is 15.0 Å². The molecule has 2 unspecified atom stereocenters. The maximum absolute atomic E-state index is 5.28. The molecule has 0 spiro atoms. The Labute approximate surface area is 106 Å². The Morgan fingerprint density at radius 3 is 2.82 bits per heavy atom. The molecule has 4 nitrogen and oxygen atoms in total. The van der Waals surface area contributed by atoms with Crippen molar-refractivity contribution in [2.45, 2.75) is 31.8 Å². The van der Waals surface area contributed by atoms with Gasteiger partial charge in [0, 0.05) is 32.3 Å². The van der Waals surface area contributed by atoms with Crippen LogP contribution in [0.1, 0.15) is 19.8 Å². The molecule has 4 heteroatoms. The van der Waals surface area contributed by atoms with Gasteiger partial charge in [-0.3, -0.25) is 4.90 Å². The monoisotopic (exact) mass is 243 g/mol. The Morgan fingerprint density at radius 2 is 2.24 bits per heavy atom. The molecule has 1 rings (SSSR count). The lowest BCUT2D eigenvalue weighted by Gasteiger charge is -2.30. The fourth-order valence-electron chi connectivity index (χ4n) is 2.71. The summed E-state index contributed by atoms with van der Waals surface area (Å²) < 4.78 is 5.28. The molecule has 0 aromatic rings. The molecule has 1 N–H and O–H groups in total. The number of ether oxygens (including phenoxy) is 1. The van der Waals surface area contributed by atoms with E-state index in [1.807, 2.05) is 0 Å². The molecular formula is C13H29N3O. The Hall–Kier alpha value is -0.160. The van der Waals surface area contributed by atoms with Gasteiger partial charge >= 0.3 is 0 Å². The highest BCUT2D eigenvalue weighted by Gasteiger charge is 2.26. The van der Waals surface area contributed by atoms with Gasteiger partial charge in [-0.15, -0.1) is 0 Å². The van der Waals surface area contributed by atoms with Gasteiger partial charge in [-0.1, -0.05) is 6.92 Å². The normalized spacial score (nSPS) is 23.5. The zero-order valence-electron chi connectivity index (χ0n) is 11.9.